The van der Waals surface area contributed by atoms with Crippen molar-refractivity contribution in [2.45, 2.75) is 33.4 Å². The lowest BCUT2D eigenvalue weighted by Crippen LogP contribution is -2.36. The molecule has 2 heterocycles. The third-order valence-corrected chi connectivity index (χ3v) is 3.04. The fourth-order valence-electron chi connectivity index (χ4n) is 1.94. The lowest BCUT2D eigenvalue weighted by Gasteiger charge is -2.25. The Labute approximate surface area is 117 Å². The highest BCUT2D eigenvalue weighted by Crippen LogP contribution is 2.14. The number of hydrogen-bond donors (Lipinski definition) is 1. The normalized spacial score (nSPS) is 10.8. The fraction of sp³-hybridized carbons (Fsp3) is 0.333. The summed E-state index contributed by atoms with van der Waals surface area (Å²) >= 11 is 0. The summed E-state index contributed by atoms with van der Waals surface area (Å²) < 4.78 is 5.52. The molecule has 0 aromatic carbocycles. The van der Waals surface area contributed by atoms with Crippen LogP contribution in [0.2, 0.25) is 0 Å². The quantitative estimate of drug-likeness (QED) is 0.930. The lowest BCUT2D eigenvalue weighted by atomic mass is 10.2. The average molecular weight is 274 g/mol. The molecule has 0 saturated heterocycles. The van der Waals surface area contributed by atoms with Crippen LogP contribution in [0.25, 0.3) is 0 Å². The Balaban J connectivity index is 2.22. The molecule has 2 rings (SSSR count). The maximum Gasteiger partial charge on any atom is 0.255 e. The molecule has 0 saturated carbocycles. The van der Waals surface area contributed by atoms with Crippen LogP contribution in [0.1, 0.15) is 35.7 Å². The van der Waals surface area contributed by atoms with Gasteiger partial charge < -0.3 is 14.3 Å². The Bertz CT molecular complexity index is 635. The first kappa shape index (κ1) is 14.1. The monoisotopic (exact) mass is 274 g/mol. The highest BCUT2D eigenvalue weighted by molar-refractivity contribution is 5.94. The van der Waals surface area contributed by atoms with Crippen LogP contribution in [-0.2, 0) is 6.54 Å². The zero-order chi connectivity index (χ0) is 14.7. The first-order chi connectivity index (χ1) is 9.47. The Morgan fingerprint density at radius 2 is 2.05 bits per heavy atom. The van der Waals surface area contributed by atoms with Crippen LogP contribution in [0.3, 0.4) is 0 Å². The molecular weight excluding hydrogens is 256 g/mol. The zero-order valence-electron chi connectivity index (χ0n) is 11.8. The van der Waals surface area contributed by atoms with Crippen LogP contribution < -0.4 is 5.56 Å². The maximum atomic E-state index is 12.5. The number of carbonyl (C=O) groups excluding carboxylic acids is 1. The topological polar surface area (TPSA) is 66.3 Å². The van der Waals surface area contributed by atoms with E-state index in [9.17, 15) is 9.59 Å². The zero-order valence-corrected chi connectivity index (χ0v) is 11.8. The largest absolute Gasteiger partial charge is 0.464 e. The second-order valence-corrected chi connectivity index (χ2v) is 4.98. The van der Waals surface area contributed by atoms with Gasteiger partial charge >= 0.3 is 0 Å². The van der Waals surface area contributed by atoms with Crippen molar-refractivity contribution in [2.24, 2.45) is 0 Å². The van der Waals surface area contributed by atoms with Crippen molar-refractivity contribution in [3.63, 3.8) is 0 Å². The second kappa shape index (κ2) is 5.77. The number of furan rings is 1. The van der Waals surface area contributed by atoms with Gasteiger partial charge in [0.25, 0.3) is 5.91 Å². The molecule has 0 radical (unpaired) electrons. The minimum Gasteiger partial charge on any atom is -0.464 e. The summed E-state index contributed by atoms with van der Waals surface area (Å²) in [4.78, 5) is 27.7. The van der Waals surface area contributed by atoms with Crippen LogP contribution in [-0.4, -0.2) is 21.8 Å². The first-order valence-electron chi connectivity index (χ1n) is 6.52. The smallest absolute Gasteiger partial charge is 0.255 e. The van der Waals surface area contributed by atoms with Crippen molar-refractivity contribution in [1.82, 2.24) is 9.88 Å². The van der Waals surface area contributed by atoms with Gasteiger partial charge in [0.05, 0.1) is 12.1 Å². The molecule has 106 valence electrons. The Morgan fingerprint density at radius 1 is 1.30 bits per heavy atom. The van der Waals surface area contributed by atoms with Crippen LogP contribution >= 0.6 is 0 Å². The van der Waals surface area contributed by atoms with Gasteiger partial charge in [0.2, 0.25) is 5.56 Å². The van der Waals surface area contributed by atoms with E-state index in [1.54, 1.807) is 4.90 Å². The summed E-state index contributed by atoms with van der Waals surface area (Å²) in [7, 11) is 0. The number of aromatic nitrogens is 1. The van der Waals surface area contributed by atoms with Gasteiger partial charge in [0, 0.05) is 18.3 Å². The van der Waals surface area contributed by atoms with Crippen LogP contribution in [0.4, 0.5) is 0 Å². The van der Waals surface area contributed by atoms with Crippen molar-refractivity contribution < 1.29 is 9.21 Å². The van der Waals surface area contributed by atoms with E-state index in [1.807, 2.05) is 32.9 Å². The second-order valence-electron chi connectivity index (χ2n) is 4.98. The molecule has 5 heteroatoms. The number of rotatable bonds is 4. The molecule has 20 heavy (non-hydrogen) atoms. The van der Waals surface area contributed by atoms with Crippen molar-refractivity contribution in [1.29, 1.82) is 0 Å². The fourth-order valence-corrected chi connectivity index (χ4v) is 1.94. The highest BCUT2D eigenvalue weighted by Gasteiger charge is 2.20. The van der Waals surface area contributed by atoms with Gasteiger partial charge in [-0.05, 0) is 39.0 Å². The van der Waals surface area contributed by atoms with E-state index in [0.717, 1.165) is 11.5 Å². The number of nitrogens with zero attached hydrogens (tertiary/aromatic N) is 1. The number of amides is 1. The van der Waals surface area contributed by atoms with E-state index in [2.05, 4.69) is 4.98 Å². The number of H-pyrrole nitrogens is 1. The van der Waals surface area contributed by atoms with Gasteiger partial charge in [-0.2, -0.15) is 0 Å². The van der Waals surface area contributed by atoms with E-state index < -0.39 is 0 Å². The van der Waals surface area contributed by atoms with Gasteiger partial charge in [0.15, 0.2) is 0 Å². The number of carbonyl (C=O) groups is 1. The number of hydrogen-bond acceptors (Lipinski definition) is 3. The SMILES string of the molecule is Cc1ccc(CN(C(=O)c2ccc(=O)[nH]c2)C(C)C)o1. The van der Waals surface area contributed by atoms with Crippen molar-refractivity contribution in [3.05, 3.63) is 57.9 Å². The molecule has 0 bridgehead atoms. The molecular formula is C15H18N2O3. The van der Waals surface area contributed by atoms with Gasteiger partial charge in [0.1, 0.15) is 11.5 Å². The summed E-state index contributed by atoms with van der Waals surface area (Å²) in [6.07, 6.45) is 1.44. The van der Waals surface area contributed by atoms with Crippen molar-refractivity contribution in [2.75, 3.05) is 0 Å². The summed E-state index contributed by atoms with van der Waals surface area (Å²) in [5.74, 6) is 1.43. The molecule has 0 aliphatic rings. The lowest BCUT2D eigenvalue weighted by molar-refractivity contribution is 0.0675. The summed E-state index contributed by atoms with van der Waals surface area (Å²) in [5.41, 5.74) is 0.237. The molecule has 0 atom stereocenters. The predicted molar refractivity (Wildman–Crippen MR) is 75.5 cm³/mol. The first-order valence-corrected chi connectivity index (χ1v) is 6.52. The third kappa shape index (κ3) is 3.17. The summed E-state index contributed by atoms with van der Waals surface area (Å²) in [5, 5.41) is 0. The molecule has 2 aromatic rings. The van der Waals surface area contributed by atoms with E-state index in [1.165, 1.54) is 18.3 Å². The number of pyridine rings is 1. The van der Waals surface area contributed by atoms with Crippen LogP contribution in [0.15, 0.2) is 39.7 Å². The minimum atomic E-state index is -0.223. The van der Waals surface area contributed by atoms with Crippen LogP contribution in [0.5, 0.6) is 0 Å². The van der Waals surface area contributed by atoms with E-state index in [0.29, 0.717) is 12.1 Å². The highest BCUT2D eigenvalue weighted by atomic mass is 16.3. The van der Waals surface area contributed by atoms with E-state index >= 15 is 0 Å². The van der Waals surface area contributed by atoms with Crippen LogP contribution in [0, 0.1) is 6.92 Å². The van der Waals surface area contributed by atoms with Crippen molar-refractivity contribution in [3.8, 4) is 0 Å². The maximum absolute atomic E-state index is 12.5. The minimum absolute atomic E-state index is 0.0276. The molecule has 1 N–H and O–H groups in total. The third-order valence-electron chi connectivity index (χ3n) is 3.04. The molecule has 0 aliphatic heterocycles. The van der Waals surface area contributed by atoms with Gasteiger partial charge in [-0.25, -0.2) is 0 Å². The average Bonchev–Trinajstić information content (AvgIpc) is 2.81. The molecule has 2 aromatic heterocycles. The van der Waals surface area contributed by atoms with Gasteiger partial charge in [-0.15, -0.1) is 0 Å². The molecule has 1 amide bonds. The standard InChI is InChI=1S/C15H18N2O3/c1-10(2)17(9-13-6-4-11(3)20-13)15(19)12-5-7-14(18)16-8-12/h4-8,10H,9H2,1-3H3,(H,16,18). The number of aryl methyl sites for hydroxylation is 1. The molecule has 0 unspecified atom stereocenters. The molecule has 0 aliphatic carbocycles. The predicted octanol–water partition coefficient (Wildman–Crippen LogP) is 2.33. The Hall–Kier alpha value is -2.30. The van der Waals surface area contributed by atoms with Gasteiger partial charge in [-0.3, -0.25) is 9.59 Å². The van der Waals surface area contributed by atoms with Crippen molar-refractivity contribution >= 4 is 5.91 Å². The Morgan fingerprint density at radius 3 is 2.55 bits per heavy atom. The van der Waals surface area contributed by atoms with Gasteiger partial charge in [-0.1, -0.05) is 0 Å². The number of aromatic amines is 1. The summed E-state index contributed by atoms with van der Waals surface area (Å²) in [6, 6.07) is 6.65. The Kier molecular flexibility index (Phi) is 4.08. The number of nitrogens with one attached hydrogen (secondary N) is 1. The van der Waals surface area contributed by atoms with E-state index in [4.69, 9.17) is 4.42 Å². The summed E-state index contributed by atoms with van der Waals surface area (Å²) in [6.45, 7) is 6.16. The molecule has 0 fully saturated rings. The molecule has 0 spiro atoms. The van der Waals surface area contributed by atoms with E-state index in [-0.39, 0.29) is 17.5 Å². The molecule has 5 nitrogen and oxygen atoms in total.